The molecule has 0 aromatic heterocycles. The first-order chi connectivity index (χ1) is 8.04. The Bertz CT molecular complexity index is 347. The number of aromatic hydroxyl groups is 1. The minimum Gasteiger partial charge on any atom is -0.508 e. The molecule has 0 saturated carbocycles. The highest BCUT2D eigenvalue weighted by molar-refractivity contribution is 5.37. The number of hydrogen-bond acceptors (Lipinski definition) is 2. The zero-order valence-electron chi connectivity index (χ0n) is 11.1. The molecular formula is C15H24O2. The highest BCUT2D eigenvalue weighted by atomic mass is 16.3. The van der Waals surface area contributed by atoms with Gasteiger partial charge in [0.15, 0.2) is 0 Å². The number of aryl methyl sites for hydroxylation is 1. The number of aliphatic hydroxyl groups is 1. The predicted molar refractivity (Wildman–Crippen MR) is 71.4 cm³/mol. The molecule has 2 atom stereocenters. The summed E-state index contributed by atoms with van der Waals surface area (Å²) >= 11 is 0. The zero-order valence-corrected chi connectivity index (χ0v) is 11.1. The average molecular weight is 236 g/mol. The van der Waals surface area contributed by atoms with Gasteiger partial charge < -0.3 is 10.2 Å². The second kappa shape index (κ2) is 6.65. The number of benzene rings is 1. The molecule has 96 valence electrons. The Kier molecular flexibility index (Phi) is 5.49. The number of rotatable bonds is 6. The molecule has 0 aliphatic heterocycles. The third-order valence-corrected chi connectivity index (χ3v) is 3.36. The van der Waals surface area contributed by atoms with Crippen LogP contribution in [0.15, 0.2) is 18.2 Å². The summed E-state index contributed by atoms with van der Waals surface area (Å²) in [4.78, 5) is 0. The number of phenols is 1. The fraction of sp³-hybridized carbons (Fsp3) is 0.600. The van der Waals surface area contributed by atoms with Crippen LogP contribution in [-0.4, -0.2) is 16.8 Å². The minimum atomic E-state index is 0.268. The molecule has 1 aromatic carbocycles. The molecule has 0 aliphatic rings. The van der Waals surface area contributed by atoms with E-state index >= 15 is 0 Å². The first-order valence-corrected chi connectivity index (χ1v) is 6.45. The van der Waals surface area contributed by atoms with Crippen LogP contribution in [0, 0.1) is 12.8 Å². The third-order valence-electron chi connectivity index (χ3n) is 3.36. The molecule has 0 unspecified atom stereocenters. The quantitative estimate of drug-likeness (QED) is 0.792. The van der Waals surface area contributed by atoms with E-state index in [1.54, 1.807) is 0 Å². The van der Waals surface area contributed by atoms with Crippen LogP contribution in [0.25, 0.3) is 0 Å². The number of hydrogen-bond donors (Lipinski definition) is 2. The molecule has 1 rings (SSSR count). The van der Waals surface area contributed by atoms with Crippen molar-refractivity contribution < 1.29 is 10.2 Å². The largest absolute Gasteiger partial charge is 0.508 e. The topological polar surface area (TPSA) is 40.5 Å². The van der Waals surface area contributed by atoms with E-state index in [0.29, 0.717) is 17.6 Å². The van der Waals surface area contributed by atoms with E-state index in [0.717, 1.165) is 30.4 Å². The molecule has 2 heteroatoms. The normalized spacial score (nSPS) is 14.6. The van der Waals surface area contributed by atoms with Gasteiger partial charge in [0.05, 0.1) is 0 Å². The fourth-order valence-corrected chi connectivity index (χ4v) is 2.09. The van der Waals surface area contributed by atoms with Gasteiger partial charge in [-0.15, -0.1) is 0 Å². The molecular weight excluding hydrogens is 212 g/mol. The molecule has 0 bridgehead atoms. The Morgan fingerprint density at radius 3 is 2.47 bits per heavy atom. The molecule has 2 N–H and O–H groups in total. The van der Waals surface area contributed by atoms with E-state index in [1.165, 1.54) is 0 Å². The Labute approximate surface area is 104 Å². The summed E-state index contributed by atoms with van der Waals surface area (Å²) < 4.78 is 0. The van der Waals surface area contributed by atoms with Crippen molar-refractivity contribution in [2.75, 3.05) is 6.61 Å². The van der Waals surface area contributed by atoms with Crippen LogP contribution in [0.3, 0.4) is 0 Å². The first kappa shape index (κ1) is 14.0. The Hall–Kier alpha value is -1.02. The van der Waals surface area contributed by atoms with Gasteiger partial charge in [-0.3, -0.25) is 0 Å². The third kappa shape index (κ3) is 4.39. The summed E-state index contributed by atoms with van der Waals surface area (Å²) in [5.41, 5.74) is 2.12. The van der Waals surface area contributed by atoms with Crippen molar-refractivity contribution >= 4 is 0 Å². The van der Waals surface area contributed by atoms with Crippen molar-refractivity contribution in [3.05, 3.63) is 29.3 Å². The van der Waals surface area contributed by atoms with Gasteiger partial charge in [0, 0.05) is 6.61 Å². The van der Waals surface area contributed by atoms with Crippen LogP contribution in [0.1, 0.15) is 50.2 Å². The lowest BCUT2D eigenvalue weighted by Gasteiger charge is -2.15. The van der Waals surface area contributed by atoms with Gasteiger partial charge in [0.1, 0.15) is 5.75 Å². The summed E-state index contributed by atoms with van der Waals surface area (Å²) in [5.74, 6) is 1.17. The Morgan fingerprint density at radius 2 is 1.88 bits per heavy atom. The van der Waals surface area contributed by atoms with Gasteiger partial charge in [0.25, 0.3) is 0 Å². The van der Waals surface area contributed by atoms with Crippen LogP contribution in [0.2, 0.25) is 0 Å². The van der Waals surface area contributed by atoms with Crippen molar-refractivity contribution in [1.82, 2.24) is 0 Å². The maximum atomic E-state index is 9.88. The van der Waals surface area contributed by atoms with E-state index < -0.39 is 0 Å². The van der Waals surface area contributed by atoms with E-state index in [1.807, 2.05) is 25.1 Å². The van der Waals surface area contributed by atoms with E-state index in [9.17, 15) is 5.11 Å². The molecule has 0 amide bonds. The second-order valence-electron chi connectivity index (χ2n) is 5.18. The Morgan fingerprint density at radius 1 is 1.18 bits per heavy atom. The molecule has 0 fully saturated rings. The van der Waals surface area contributed by atoms with Crippen molar-refractivity contribution in [2.45, 2.75) is 46.0 Å². The maximum Gasteiger partial charge on any atom is 0.119 e. The predicted octanol–water partition coefficient (Wildman–Crippen LogP) is 3.60. The van der Waals surface area contributed by atoms with Crippen molar-refractivity contribution in [3.8, 4) is 5.75 Å². The molecule has 1 aromatic rings. The number of aliphatic hydroxyl groups excluding tert-OH is 1. The van der Waals surface area contributed by atoms with Crippen molar-refractivity contribution in [1.29, 1.82) is 0 Å². The summed E-state index contributed by atoms with van der Waals surface area (Å²) in [6, 6.07) is 5.88. The monoisotopic (exact) mass is 236 g/mol. The van der Waals surface area contributed by atoms with E-state index in [4.69, 9.17) is 5.11 Å². The van der Waals surface area contributed by atoms with Crippen LogP contribution in [0.5, 0.6) is 5.75 Å². The van der Waals surface area contributed by atoms with Crippen LogP contribution >= 0.6 is 0 Å². The SMILES string of the molecule is Cc1ccc([C@@H](C)CCC[C@@H](C)CO)c(O)c1. The van der Waals surface area contributed by atoms with Crippen LogP contribution < -0.4 is 0 Å². The summed E-state index contributed by atoms with van der Waals surface area (Å²) in [7, 11) is 0. The fourth-order valence-electron chi connectivity index (χ4n) is 2.09. The van der Waals surface area contributed by atoms with Gasteiger partial charge >= 0.3 is 0 Å². The average Bonchev–Trinajstić information content (AvgIpc) is 2.28. The molecule has 0 radical (unpaired) electrons. The summed E-state index contributed by atoms with van der Waals surface area (Å²) in [5, 5.41) is 18.8. The molecule has 0 heterocycles. The molecule has 2 nitrogen and oxygen atoms in total. The van der Waals surface area contributed by atoms with Gasteiger partial charge in [0.2, 0.25) is 0 Å². The first-order valence-electron chi connectivity index (χ1n) is 6.45. The molecule has 17 heavy (non-hydrogen) atoms. The van der Waals surface area contributed by atoms with Crippen molar-refractivity contribution in [2.24, 2.45) is 5.92 Å². The van der Waals surface area contributed by atoms with E-state index in [-0.39, 0.29) is 6.61 Å². The van der Waals surface area contributed by atoms with Gasteiger partial charge in [-0.05, 0) is 48.8 Å². The summed E-state index contributed by atoms with van der Waals surface area (Å²) in [6.07, 6.45) is 3.20. The molecule has 0 aliphatic carbocycles. The molecule has 0 saturated heterocycles. The smallest absolute Gasteiger partial charge is 0.119 e. The van der Waals surface area contributed by atoms with Gasteiger partial charge in [-0.1, -0.05) is 32.4 Å². The standard InChI is InChI=1S/C15H24O2/c1-11-7-8-14(15(17)9-11)13(3)6-4-5-12(2)10-16/h7-9,12-13,16-17H,4-6,10H2,1-3H3/t12-,13+/m1/s1. The van der Waals surface area contributed by atoms with E-state index in [2.05, 4.69) is 13.8 Å². The zero-order chi connectivity index (χ0) is 12.8. The highest BCUT2D eigenvalue weighted by Gasteiger charge is 2.11. The lowest BCUT2D eigenvalue weighted by Crippen LogP contribution is -2.02. The van der Waals surface area contributed by atoms with Gasteiger partial charge in [-0.25, -0.2) is 0 Å². The molecule has 0 spiro atoms. The van der Waals surface area contributed by atoms with Crippen molar-refractivity contribution in [3.63, 3.8) is 0 Å². The highest BCUT2D eigenvalue weighted by Crippen LogP contribution is 2.30. The lowest BCUT2D eigenvalue weighted by molar-refractivity contribution is 0.227. The second-order valence-corrected chi connectivity index (χ2v) is 5.18. The van der Waals surface area contributed by atoms with Crippen LogP contribution in [0.4, 0.5) is 0 Å². The summed E-state index contributed by atoms with van der Waals surface area (Å²) in [6.45, 7) is 6.46. The maximum absolute atomic E-state index is 9.88. The lowest BCUT2D eigenvalue weighted by atomic mass is 9.92. The minimum absolute atomic E-state index is 0.268. The van der Waals surface area contributed by atoms with Gasteiger partial charge in [-0.2, -0.15) is 0 Å². The Balaban J connectivity index is 2.49. The van der Waals surface area contributed by atoms with Crippen LogP contribution in [-0.2, 0) is 0 Å². The number of phenolic OH excluding ortho intramolecular Hbond substituents is 1.